The van der Waals surface area contributed by atoms with E-state index in [1.165, 1.54) is 24.1 Å². The zero-order chi connectivity index (χ0) is 27.1. The summed E-state index contributed by atoms with van der Waals surface area (Å²) in [5, 5.41) is 9.64. The van der Waals surface area contributed by atoms with Gasteiger partial charge in [0, 0.05) is 11.1 Å². The van der Waals surface area contributed by atoms with Crippen molar-refractivity contribution in [3.05, 3.63) is 93.2 Å². The number of anilines is 1. The van der Waals surface area contributed by atoms with Crippen LogP contribution in [0.5, 0.6) is 5.75 Å². The van der Waals surface area contributed by atoms with Gasteiger partial charge >= 0.3 is 0 Å². The van der Waals surface area contributed by atoms with E-state index in [9.17, 15) is 10.1 Å². The van der Waals surface area contributed by atoms with Crippen molar-refractivity contribution in [1.82, 2.24) is 14.5 Å². The first kappa shape index (κ1) is 25.7. The highest BCUT2D eigenvalue weighted by Gasteiger charge is 2.45. The van der Waals surface area contributed by atoms with E-state index in [0.717, 1.165) is 5.56 Å². The lowest BCUT2D eigenvalue weighted by atomic mass is 10.0. The molecule has 7 nitrogen and oxygen atoms in total. The summed E-state index contributed by atoms with van der Waals surface area (Å²) in [4.78, 5) is 24.5. The molecule has 1 amide bonds. The van der Waals surface area contributed by atoms with Gasteiger partial charge in [-0.2, -0.15) is 5.26 Å². The van der Waals surface area contributed by atoms with E-state index >= 15 is 4.39 Å². The Morgan fingerprint density at radius 2 is 1.92 bits per heavy atom. The molecule has 1 aliphatic heterocycles. The van der Waals surface area contributed by atoms with Crippen LogP contribution in [0.2, 0.25) is 10.0 Å². The Balaban J connectivity index is 1.80. The van der Waals surface area contributed by atoms with Crippen molar-refractivity contribution in [1.29, 1.82) is 5.26 Å². The minimum atomic E-state index is -0.710. The molecule has 0 aliphatic carbocycles. The third-order valence-electron chi connectivity index (χ3n) is 6.42. The highest BCUT2D eigenvalue weighted by Crippen LogP contribution is 2.46. The Morgan fingerprint density at radius 1 is 1.18 bits per heavy atom. The monoisotopic (exact) mass is 549 g/mol. The van der Waals surface area contributed by atoms with Gasteiger partial charge in [0.05, 0.1) is 53.5 Å². The molecule has 0 unspecified atom stereocenters. The van der Waals surface area contributed by atoms with Gasteiger partial charge in [0.2, 0.25) is 0 Å². The van der Waals surface area contributed by atoms with Gasteiger partial charge in [0.25, 0.3) is 5.91 Å². The average Bonchev–Trinajstić information content (AvgIpc) is 3.42. The average molecular weight is 550 g/mol. The van der Waals surface area contributed by atoms with Gasteiger partial charge in [-0.05, 0) is 49.7 Å². The van der Waals surface area contributed by atoms with E-state index in [2.05, 4.69) is 11.1 Å². The Bertz CT molecular complexity index is 1590. The molecule has 5 rings (SSSR count). The summed E-state index contributed by atoms with van der Waals surface area (Å²) in [6.45, 7) is 3.95. The number of carbonyl (C=O) groups is 1. The highest BCUT2D eigenvalue weighted by atomic mass is 35.5. The molecule has 0 fully saturated rings. The number of imidazole rings is 1. The van der Waals surface area contributed by atoms with E-state index < -0.39 is 17.8 Å². The smallest absolute Gasteiger partial charge is 0.279 e. The number of carbonyl (C=O) groups excluding carboxylic acids is 1. The predicted octanol–water partition coefficient (Wildman–Crippen LogP) is 6.80. The van der Waals surface area contributed by atoms with Gasteiger partial charge in [-0.3, -0.25) is 14.7 Å². The third-order valence-corrected chi connectivity index (χ3v) is 6.97. The number of methoxy groups -OCH3 is 1. The first-order chi connectivity index (χ1) is 18.3. The van der Waals surface area contributed by atoms with Crippen LogP contribution in [0.25, 0.3) is 11.4 Å². The summed E-state index contributed by atoms with van der Waals surface area (Å²) in [6.07, 6.45) is 1.64. The maximum atomic E-state index is 15.3. The number of aromatic nitrogens is 3. The van der Waals surface area contributed by atoms with Gasteiger partial charge in [-0.25, -0.2) is 9.37 Å². The van der Waals surface area contributed by atoms with Crippen LogP contribution in [0.3, 0.4) is 0 Å². The van der Waals surface area contributed by atoms with Gasteiger partial charge in [-0.1, -0.05) is 41.4 Å². The molecule has 3 heterocycles. The number of amides is 1. The minimum Gasteiger partial charge on any atom is -0.494 e. The first-order valence-electron chi connectivity index (χ1n) is 11.8. The summed E-state index contributed by atoms with van der Waals surface area (Å²) in [5.74, 6) is -0.223. The summed E-state index contributed by atoms with van der Waals surface area (Å²) in [7, 11) is 1.52. The Hall–Kier alpha value is -3.93. The molecule has 0 radical (unpaired) electrons. The van der Waals surface area contributed by atoms with Gasteiger partial charge < -0.3 is 9.30 Å². The minimum absolute atomic E-state index is 0.0510. The van der Waals surface area contributed by atoms with Crippen molar-refractivity contribution in [3.63, 3.8) is 0 Å². The van der Waals surface area contributed by atoms with Crippen molar-refractivity contribution in [2.45, 2.75) is 32.4 Å². The molecule has 2 aromatic carbocycles. The molecule has 0 spiro atoms. The van der Waals surface area contributed by atoms with E-state index in [-0.39, 0.29) is 28.9 Å². The second-order valence-corrected chi connectivity index (χ2v) is 9.89. The molecule has 0 N–H and O–H groups in total. The predicted molar refractivity (Wildman–Crippen MR) is 143 cm³/mol. The quantitative estimate of drug-likeness (QED) is 0.264. The number of halogens is 3. The zero-order valence-corrected chi connectivity index (χ0v) is 22.3. The number of rotatable bonds is 6. The van der Waals surface area contributed by atoms with Crippen LogP contribution in [0.15, 0.2) is 54.7 Å². The maximum absolute atomic E-state index is 15.3. The van der Waals surface area contributed by atoms with E-state index in [1.807, 2.05) is 18.4 Å². The lowest BCUT2D eigenvalue weighted by molar-refractivity contribution is 0.0988. The Kier molecular flexibility index (Phi) is 6.82. The number of benzene rings is 2. The molecule has 1 atom stereocenters. The van der Waals surface area contributed by atoms with Crippen molar-refractivity contribution in [3.8, 4) is 23.2 Å². The van der Waals surface area contributed by atoms with Crippen LogP contribution < -0.4 is 9.64 Å². The number of nitrogens with zero attached hydrogens (tertiary/aromatic N) is 5. The largest absolute Gasteiger partial charge is 0.494 e. The van der Waals surface area contributed by atoms with Gasteiger partial charge in [0.15, 0.2) is 11.5 Å². The summed E-state index contributed by atoms with van der Waals surface area (Å²) in [6, 6.07) is 14.6. The normalized spacial score (nSPS) is 14.6. The molecule has 0 saturated carbocycles. The first-order valence-corrected chi connectivity index (χ1v) is 12.6. The second-order valence-electron chi connectivity index (χ2n) is 9.05. The molecule has 4 aromatic rings. The van der Waals surface area contributed by atoms with Crippen LogP contribution in [0.4, 0.5) is 10.1 Å². The molecule has 0 bridgehead atoms. The van der Waals surface area contributed by atoms with Crippen molar-refractivity contribution in [2.75, 3.05) is 12.0 Å². The SMILES string of the molecule is COc1cnc(CC#N)cc1-c1nc2c(n1C(C)C)[C@H](c1ccc(Cl)cc1)N(c1cccc(Cl)c1F)C2=O. The summed E-state index contributed by atoms with van der Waals surface area (Å²) >= 11 is 12.3. The van der Waals surface area contributed by atoms with Gasteiger partial charge in [-0.15, -0.1) is 0 Å². The summed E-state index contributed by atoms with van der Waals surface area (Å²) in [5.41, 5.74) is 2.70. The lowest BCUT2D eigenvalue weighted by Crippen LogP contribution is -2.31. The van der Waals surface area contributed by atoms with Crippen LogP contribution in [-0.2, 0) is 6.42 Å². The maximum Gasteiger partial charge on any atom is 0.279 e. The Morgan fingerprint density at radius 3 is 2.58 bits per heavy atom. The highest BCUT2D eigenvalue weighted by molar-refractivity contribution is 6.31. The van der Waals surface area contributed by atoms with Crippen molar-refractivity contribution in [2.24, 2.45) is 0 Å². The Labute approximate surface area is 229 Å². The second kappa shape index (κ2) is 10.1. The van der Waals surface area contributed by atoms with E-state index in [0.29, 0.717) is 33.5 Å². The van der Waals surface area contributed by atoms with Gasteiger partial charge in [0.1, 0.15) is 17.6 Å². The van der Waals surface area contributed by atoms with Crippen LogP contribution in [-0.4, -0.2) is 27.6 Å². The molecule has 192 valence electrons. The zero-order valence-electron chi connectivity index (χ0n) is 20.7. The third kappa shape index (κ3) is 4.18. The topological polar surface area (TPSA) is 84.0 Å². The number of ether oxygens (including phenoxy) is 1. The molecule has 2 aromatic heterocycles. The lowest BCUT2D eigenvalue weighted by Gasteiger charge is -2.29. The number of nitriles is 1. The summed E-state index contributed by atoms with van der Waals surface area (Å²) < 4.78 is 22.8. The molecule has 0 saturated heterocycles. The van der Waals surface area contributed by atoms with Crippen LogP contribution >= 0.6 is 23.2 Å². The number of pyridine rings is 1. The fraction of sp³-hybridized carbons (Fsp3) is 0.214. The molecule has 38 heavy (non-hydrogen) atoms. The number of hydrogen-bond acceptors (Lipinski definition) is 5. The van der Waals surface area contributed by atoms with Crippen LogP contribution in [0.1, 0.15) is 53.4 Å². The van der Waals surface area contributed by atoms with E-state index in [4.69, 9.17) is 32.9 Å². The van der Waals surface area contributed by atoms with Crippen LogP contribution in [0, 0.1) is 17.1 Å². The van der Waals surface area contributed by atoms with Crippen molar-refractivity contribution < 1.29 is 13.9 Å². The molecule has 1 aliphatic rings. The van der Waals surface area contributed by atoms with Crippen molar-refractivity contribution >= 4 is 34.8 Å². The number of hydrogen-bond donors (Lipinski definition) is 0. The fourth-order valence-corrected chi connectivity index (χ4v) is 5.11. The molecular formula is C28H22Cl2FN5O2. The van der Waals surface area contributed by atoms with E-state index in [1.54, 1.807) is 42.6 Å². The molecular weight excluding hydrogens is 528 g/mol. The number of fused-ring (bicyclic) bond motifs is 1. The molecule has 10 heteroatoms. The fourth-order valence-electron chi connectivity index (χ4n) is 4.81. The standard InChI is InChI=1S/C28H22Cl2FN5O2/c1-15(2)35-26-24(34-27(35)19-13-18(11-12-32)33-14-22(19)38-3)28(37)36(21-6-4-5-20(30)23(21)31)25(26)16-7-9-17(29)10-8-16/h4-10,13-15,25H,11H2,1-3H3/t25-/m0/s1.